The molecular formula is C21H22N4O. The fourth-order valence-electron chi connectivity index (χ4n) is 3.60. The van der Waals surface area contributed by atoms with Crippen molar-refractivity contribution in [1.29, 1.82) is 0 Å². The van der Waals surface area contributed by atoms with Gasteiger partial charge in [0.15, 0.2) is 0 Å². The first-order valence-corrected chi connectivity index (χ1v) is 9.11. The monoisotopic (exact) mass is 346 g/mol. The molecule has 5 nitrogen and oxygen atoms in total. The summed E-state index contributed by atoms with van der Waals surface area (Å²) < 4.78 is 1.93. The third kappa shape index (κ3) is 3.67. The van der Waals surface area contributed by atoms with Crippen molar-refractivity contribution in [2.24, 2.45) is 0 Å². The molecule has 0 aliphatic heterocycles. The summed E-state index contributed by atoms with van der Waals surface area (Å²) >= 11 is 0. The van der Waals surface area contributed by atoms with Gasteiger partial charge in [0, 0.05) is 31.3 Å². The number of rotatable bonds is 5. The molecule has 1 fully saturated rings. The minimum Gasteiger partial charge on any atom is -0.339 e. The zero-order valence-electron chi connectivity index (χ0n) is 14.6. The SMILES string of the molecule is O=C(Nc1ccc(C2CCCC2)cn1)c1cccn1Cc1ccncc1. The zero-order valence-corrected chi connectivity index (χ0v) is 14.6. The third-order valence-corrected chi connectivity index (χ3v) is 5.02. The molecule has 1 aliphatic carbocycles. The lowest BCUT2D eigenvalue weighted by Gasteiger charge is -2.11. The van der Waals surface area contributed by atoms with Gasteiger partial charge in [-0.15, -0.1) is 0 Å². The van der Waals surface area contributed by atoms with Crippen LogP contribution in [0.15, 0.2) is 61.2 Å². The zero-order chi connectivity index (χ0) is 17.8. The fourth-order valence-corrected chi connectivity index (χ4v) is 3.60. The van der Waals surface area contributed by atoms with Gasteiger partial charge in [0.25, 0.3) is 5.91 Å². The molecule has 3 aromatic rings. The lowest BCUT2D eigenvalue weighted by molar-refractivity contribution is 0.101. The lowest BCUT2D eigenvalue weighted by atomic mass is 10.00. The summed E-state index contributed by atoms with van der Waals surface area (Å²) in [7, 11) is 0. The first-order chi connectivity index (χ1) is 12.8. The van der Waals surface area contributed by atoms with E-state index in [1.807, 2.05) is 47.3 Å². The van der Waals surface area contributed by atoms with Crippen molar-refractivity contribution in [3.05, 3.63) is 78.0 Å². The number of carbonyl (C=O) groups excluding carboxylic acids is 1. The van der Waals surface area contributed by atoms with Crippen molar-refractivity contribution in [2.45, 2.75) is 38.1 Å². The van der Waals surface area contributed by atoms with Gasteiger partial charge in [0.2, 0.25) is 0 Å². The van der Waals surface area contributed by atoms with E-state index >= 15 is 0 Å². The number of carbonyl (C=O) groups is 1. The average Bonchev–Trinajstić information content (AvgIpc) is 3.35. The molecule has 0 saturated heterocycles. The molecule has 3 heterocycles. The molecule has 132 valence electrons. The van der Waals surface area contributed by atoms with Crippen molar-refractivity contribution >= 4 is 11.7 Å². The van der Waals surface area contributed by atoms with Crippen molar-refractivity contribution in [1.82, 2.24) is 14.5 Å². The van der Waals surface area contributed by atoms with Crippen LogP contribution in [0.4, 0.5) is 5.82 Å². The van der Waals surface area contributed by atoms with Gasteiger partial charge in [-0.2, -0.15) is 0 Å². The van der Waals surface area contributed by atoms with Crippen LogP contribution < -0.4 is 5.32 Å². The summed E-state index contributed by atoms with van der Waals surface area (Å²) in [5, 5.41) is 2.91. The fraction of sp³-hybridized carbons (Fsp3) is 0.286. The third-order valence-electron chi connectivity index (χ3n) is 5.02. The van der Waals surface area contributed by atoms with Crippen LogP contribution in [-0.2, 0) is 6.54 Å². The number of amides is 1. The van der Waals surface area contributed by atoms with Gasteiger partial charge in [-0.05, 0) is 60.2 Å². The van der Waals surface area contributed by atoms with Crippen LogP contribution in [0.3, 0.4) is 0 Å². The first-order valence-electron chi connectivity index (χ1n) is 9.11. The number of nitrogens with zero attached hydrogens (tertiary/aromatic N) is 3. The second-order valence-corrected chi connectivity index (χ2v) is 6.79. The van der Waals surface area contributed by atoms with E-state index in [2.05, 4.69) is 21.4 Å². The Kier molecular flexibility index (Phi) is 4.78. The molecule has 0 bridgehead atoms. The Balaban J connectivity index is 1.44. The molecule has 3 aromatic heterocycles. The minimum atomic E-state index is -0.148. The van der Waals surface area contributed by atoms with Crippen LogP contribution in [0.25, 0.3) is 0 Å². The predicted molar refractivity (Wildman–Crippen MR) is 101 cm³/mol. The van der Waals surface area contributed by atoms with Gasteiger partial charge in [0.05, 0.1) is 0 Å². The highest BCUT2D eigenvalue weighted by Crippen LogP contribution is 2.33. The smallest absolute Gasteiger partial charge is 0.273 e. The maximum absolute atomic E-state index is 12.6. The molecule has 26 heavy (non-hydrogen) atoms. The molecular weight excluding hydrogens is 324 g/mol. The van der Waals surface area contributed by atoms with Crippen molar-refractivity contribution in [3.63, 3.8) is 0 Å². The molecule has 0 unspecified atom stereocenters. The summed E-state index contributed by atoms with van der Waals surface area (Å²) in [6.45, 7) is 0.631. The van der Waals surface area contributed by atoms with E-state index in [0.717, 1.165) is 5.56 Å². The van der Waals surface area contributed by atoms with Gasteiger partial charge in [-0.25, -0.2) is 4.98 Å². The number of aromatic nitrogens is 3. The number of pyridine rings is 2. The molecule has 1 saturated carbocycles. The molecule has 1 N–H and O–H groups in total. The second-order valence-electron chi connectivity index (χ2n) is 6.79. The van der Waals surface area contributed by atoms with Gasteiger partial charge < -0.3 is 9.88 Å². The number of anilines is 1. The Hall–Kier alpha value is -2.95. The quantitative estimate of drug-likeness (QED) is 0.752. The Labute approximate surface area is 153 Å². The molecule has 1 aliphatic rings. The lowest BCUT2D eigenvalue weighted by Crippen LogP contribution is -2.18. The van der Waals surface area contributed by atoms with Gasteiger partial charge in [-0.3, -0.25) is 9.78 Å². The van der Waals surface area contributed by atoms with E-state index in [9.17, 15) is 4.79 Å². The number of hydrogen-bond donors (Lipinski definition) is 1. The van der Waals surface area contributed by atoms with Crippen LogP contribution in [0, 0.1) is 0 Å². The van der Waals surface area contributed by atoms with Crippen LogP contribution >= 0.6 is 0 Å². The largest absolute Gasteiger partial charge is 0.339 e. The molecule has 1 amide bonds. The molecule has 0 atom stereocenters. The van der Waals surface area contributed by atoms with Crippen molar-refractivity contribution in [3.8, 4) is 0 Å². The predicted octanol–water partition coefficient (Wildman–Crippen LogP) is 4.24. The topological polar surface area (TPSA) is 59.8 Å². The second kappa shape index (κ2) is 7.52. The molecule has 5 heteroatoms. The summed E-state index contributed by atoms with van der Waals surface area (Å²) in [6.07, 6.45) is 12.4. The molecule has 4 rings (SSSR count). The van der Waals surface area contributed by atoms with Crippen molar-refractivity contribution < 1.29 is 4.79 Å². The molecule has 0 aromatic carbocycles. The summed E-state index contributed by atoms with van der Waals surface area (Å²) in [5.74, 6) is 1.07. The highest BCUT2D eigenvalue weighted by Gasteiger charge is 2.17. The summed E-state index contributed by atoms with van der Waals surface area (Å²) in [4.78, 5) is 21.1. The van der Waals surface area contributed by atoms with E-state index in [-0.39, 0.29) is 5.91 Å². The highest BCUT2D eigenvalue weighted by atomic mass is 16.2. The van der Waals surface area contributed by atoms with Crippen LogP contribution in [0.2, 0.25) is 0 Å². The van der Waals surface area contributed by atoms with E-state index < -0.39 is 0 Å². The van der Waals surface area contributed by atoms with Gasteiger partial charge >= 0.3 is 0 Å². The van der Waals surface area contributed by atoms with Crippen LogP contribution in [-0.4, -0.2) is 20.4 Å². The number of nitrogens with one attached hydrogen (secondary N) is 1. The van der Waals surface area contributed by atoms with Gasteiger partial charge in [-0.1, -0.05) is 18.9 Å². The van der Waals surface area contributed by atoms with Crippen LogP contribution in [0.1, 0.15) is 53.2 Å². The summed E-state index contributed by atoms with van der Waals surface area (Å²) in [5.41, 5.74) is 2.99. The molecule has 0 radical (unpaired) electrons. The maximum atomic E-state index is 12.6. The highest BCUT2D eigenvalue weighted by molar-refractivity contribution is 6.02. The van der Waals surface area contributed by atoms with E-state index in [1.165, 1.54) is 31.2 Å². The van der Waals surface area contributed by atoms with Crippen molar-refractivity contribution in [2.75, 3.05) is 5.32 Å². The van der Waals surface area contributed by atoms with Crippen LogP contribution in [0.5, 0.6) is 0 Å². The van der Waals surface area contributed by atoms with E-state index in [0.29, 0.717) is 24.0 Å². The first kappa shape index (κ1) is 16.5. The minimum absolute atomic E-state index is 0.148. The summed E-state index contributed by atoms with van der Waals surface area (Å²) in [6, 6.07) is 11.6. The average molecular weight is 346 g/mol. The van der Waals surface area contributed by atoms with E-state index in [4.69, 9.17) is 0 Å². The Morgan fingerprint density at radius 3 is 2.65 bits per heavy atom. The normalized spacial score (nSPS) is 14.5. The molecule has 0 spiro atoms. The Morgan fingerprint density at radius 1 is 1.12 bits per heavy atom. The van der Waals surface area contributed by atoms with Gasteiger partial charge in [0.1, 0.15) is 11.5 Å². The number of hydrogen-bond acceptors (Lipinski definition) is 3. The maximum Gasteiger partial charge on any atom is 0.273 e. The Morgan fingerprint density at radius 2 is 1.92 bits per heavy atom. The van der Waals surface area contributed by atoms with E-state index in [1.54, 1.807) is 12.4 Å². The Bertz CT molecular complexity index is 865. The standard InChI is InChI=1S/C21H22N4O/c26-21(19-6-3-13-25(19)15-16-9-11-22-12-10-16)24-20-8-7-18(14-23-20)17-4-1-2-5-17/h3,6-14,17H,1-2,4-5,15H2,(H,23,24,26).